The Morgan fingerprint density at radius 2 is 1.67 bits per heavy atom. The van der Waals surface area contributed by atoms with E-state index in [1.165, 1.54) is 47.6 Å². The molecule has 5 N–H and O–H groups in total. The first-order valence-electron chi connectivity index (χ1n) is 20.0. The Hall–Kier alpha value is -4.94. The molecule has 2 aromatic rings. The first kappa shape index (κ1) is 46.1. The lowest BCUT2D eigenvalue weighted by Gasteiger charge is -2.38. The fraction of sp³-hybridized carbons (Fsp3) is 0.537. The monoisotopic (exact) mass is 873 g/mol. The summed E-state index contributed by atoms with van der Waals surface area (Å²) in [5.74, 6) is -4.37. The van der Waals surface area contributed by atoms with Crippen LogP contribution in [0, 0.1) is 18.7 Å². The van der Waals surface area contributed by atoms with E-state index in [-0.39, 0.29) is 59.8 Å². The smallest absolute Gasteiger partial charge is 0.319 e. The minimum absolute atomic E-state index is 0.0476. The Morgan fingerprint density at radius 3 is 2.33 bits per heavy atom. The molecule has 3 fully saturated rings. The highest BCUT2D eigenvalue weighted by Gasteiger charge is 2.46. The average Bonchev–Trinajstić information content (AvgIpc) is 3.84. The molecule has 326 valence electrons. The van der Waals surface area contributed by atoms with Gasteiger partial charge in [0, 0.05) is 47.6 Å². The Morgan fingerprint density at radius 1 is 0.933 bits per heavy atom. The predicted octanol–water partition coefficient (Wildman–Crippen LogP) is 1.67. The summed E-state index contributed by atoms with van der Waals surface area (Å²) < 4.78 is 27.3. The zero-order valence-corrected chi connectivity index (χ0v) is 35.8. The fourth-order valence-electron chi connectivity index (χ4n) is 7.97. The number of rotatable bonds is 13. The number of aliphatic hydroxyl groups excluding tert-OH is 1. The van der Waals surface area contributed by atoms with Gasteiger partial charge in [0.15, 0.2) is 5.78 Å². The molecule has 3 aliphatic rings. The molecule has 0 spiro atoms. The van der Waals surface area contributed by atoms with Gasteiger partial charge in [-0.15, -0.1) is 0 Å². The van der Waals surface area contributed by atoms with E-state index in [1.807, 2.05) is 19.9 Å². The SMILES string of the molecule is CC(=O)[C@@H]1C[C@@H](C)CN1C(=O)[C@H](C)NC(=O)[C@@H]1CS(=O)CCN1C(=O)[C@@H]1CCCN1C(=O)[C@@H](NC(=O)[C@H](Cc1cccc(C)c1)NC(=O)Nc1ccc(Cl)cc1F)[C@H](C)O. The Balaban J connectivity index is 1.30. The molecule has 19 heteroatoms. The minimum Gasteiger partial charge on any atom is -0.391 e. The number of carbonyl (C=O) groups excluding carboxylic acids is 7. The minimum atomic E-state index is -1.57. The third kappa shape index (κ3) is 11.3. The molecule has 0 bridgehead atoms. The second-order valence-corrected chi connectivity index (χ2v) is 18.0. The van der Waals surface area contributed by atoms with Gasteiger partial charge < -0.3 is 41.1 Å². The molecule has 9 atom stereocenters. The number of likely N-dealkylation sites (tertiary alicyclic amines) is 2. The molecule has 2 aromatic carbocycles. The highest BCUT2D eigenvalue weighted by atomic mass is 35.5. The summed E-state index contributed by atoms with van der Waals surface area (Å²) >= 11 is 5.84. The molecular weight excluding hydrogens is 821 g/mol. The van der Waals surface area contributed by atoms with E-state index in [4.69, 9.17) is 11.6 Å². The molecule has 0 radical (unpaired) electrons. The van der Waals surface area contributed by atoms with Gasteiger partial charge in [0.25, 0.3) is 0 Å². The van der Waals surface area contributed by atoms with E-state index in [1.54, 1.807) is 18.2 Å². The van der Waals surface area contributed by atoms with Crippen LogP contribution in [0.15, 0.2) is 42.5 Å². The van der Waals surface area contributed by atoms with E-state index < -0.39 is 94.5 Å². The predicted molar refractivity (Wildman–Crippen MR) is 222 cm³/mol. The van der Waals surface area contributed by atoms with Crippen LogP contribution in [0.5, 0.6) is 0 Å². The summed E-state index contributed by atoms with van der Waals surface area (Å²) in [4.78, 5) is 98.9. The van der Waals surface area contributed by atoms with Crippen molar-refractivity contribution in [1.29, 1.82) is 0 Å². The van der Waals surface area contributed by atoms with Crippen molar-refractivity contribution in [2.75, 3.05) is 36.5 Å². The standard InChI is InChI=1S/C41H53ClFN7O9S/c1-22-8-6-9-27(16-22)18-31(46-41(58)45-30-12-11-28(42)19-29(30)43)36(53)47-35(26(5)52)40(57)48-13-7-10-32(48)39(56)49-14-15-60(59)21-34(49)37(54)44-24(3)38(55)50-20-23(2)17-33(50)25(4)51/h6,8-9,11-12,16,19,23-24,26,31-35,52H,7,10,13-15,17-18,20-21H2,1-5H3,(H,44,54)(H,47,53)(H2,45,46,58)/t23-,24+,26+,31+,32+,33+,34+,35+,60?/m1/s1. The number of halogens is 2. The summed E-state index contributed by atoms with van der Waals surface area (Å²) in [6, 6.07) is 2.99. The number of urea groups is 1. The van der Waals surface area contributed by atoms with Crippen molar-refractivity contribution in [3.8, 4) is 0 Å². The molecule has 0 aliphatic carbocycles. The third-order valence-corrected chi connectivity index (χ3v) is 12.6. The van der Waals surface area contributed by atoms with Crippen LogP contribution in [0.25, 0.3) is 0 Å². The number of aryl methyl sites for hydroxylation is 1. The Labute approximate surface area is 355 Å². The van der Waals surface area contributed by atoms with Crippen molar-refractivity contribution in [2.45, 2.75) is 103 Å². The van der Waals surface area contributed by atoms with E-state index in [0.717, 1.165) is 11.6 Å². The lowest BCUT2D eigenvalue weighted by molar-refractivity contribution is -0.150. The fourth-order valence-corrected chi connectivity index (χ4v) is 9.38. The summed E-state index contributed by atoms with van der Waals surface area (Å²) in [5.41, 5.74) is 1.34. The maximum atomic E-state index is 14.5. The molecule has 0 saturated carbocycles. The molecule has 1 unspecified atom stereocenters. The van der Waals surface area contributed by atoms with Gasteiger partial charge in [-0.05, 0) is 76.6 Å². The molecule has 3 aliphatic heterocycles. The number of Topliss-reactive ketones (excluding diaryl/α,β-unsaturated/α-hetero) is 1. The van der Waals surface area contributed by atoms with Crippen LogP contribution >= 0.6 is 11.6 Å². The molecule has 7 amide bonds. The summed E-state index contributed by atoms with van der Waals surface area (Å²) in [6.07, 6.45) is -0.418. The van der Waals surface area contributed by atoms with Gasteiger partial charge in [0.2, 0.25) is 29.5 Å². The van der Waals surface area contributed by atoms with Crippen molar-refractivity contribution in [1.82, 2.24) is 30.7 Å². The first-order valence-corrected chi connectivity index (χ1v) is 21.8. The summed E-state index contributed by atoms with van der Waals surface area (Å²) in [5, 5.41) is 21.1. The van der Waals surface area contributed by atoms with Gasteiger partial charge >= 0.3 is 6.03 Å². The number of nitrogens with zero attached hydrogens (tertiary/aromatic N) is 3. The van der Waals surface area contributed by atoms with Gasteiger partial charge in [0.05, 0.1) is 23.6 Å². The number of aliphatic hydroxyl groups is 1. The highest BCUT2D eigenvalue weighted by molar-refractivity contribution is 7.85. The maximum absolute atomic E-state index is 14.5. The van der Waals surface area contributed by atoms with Crippen molar-refractivity contribution < 1.29 is 47.3 Å². The number of anilines is 1. The van der Waals surface area contributed by atoms with Crippen molar-refractivity contribution >= 4 is 69.4 Å². The zero-order chi connectivity index (χ0) is 44.0. The second kappa shape index (κ2) is 20.1. The third-order valence-electron chi connectivity index (χ3n) is 11.0. The van der Waals surface area contributed by atoms with E-state index in [9.17, 15) is 47.3 Å². The molecular formula is C41H53ClFN7O9S. The number of nitrogens with one attached hydrogen (secondary N) is 4. The average molecular weight is 874 g/mol. The number of benzene rings is 2. The van der Waals surface area contributed by atoms with Crippen LogP contribution in [0.1, 0.15) is 58.1 Å². The Bertz CT molecular complexity index is 2020. The molecule has 3 saturated heterocycles. The van der Waals surface area contributed by atoms with Gasteiger partial charge in [-0.1, -0.05) is 48.4 Å². The van der Waals surface area contributed by atoms with Gasteiger partial charge in [-0.2, -0.15) is 0 Å². The number of carbonyl (C=O) groups is 7. The normalized spacial score (nSPS) is 23.5. The van der Waals surface area contributed by atoms with Crippen LogP contribution < -0.4 is 21.3 Å². The topological polar surface area (TPSA) is 215 Å². The van der Waals surface area contributed by atoms with Crippen LogP contribution in [-0.4, -0.2) is 139 Å². The molecule has 0 aromatic heterocycles. The van der Waals surface area contributed by atoms with E-state index in [2.05, 4.69) is 21.3 Å². The number of hydrogen-bond acceptors (Lipinski definition) is 9. The van der Waals surface area contributed by atoms with Gasteiger partial charge in [-0.25, -0.2) is 9.18 Å². The van der Waals surface area contributed by atoms with Crippen LogP contribution in [-0.2, 0) is 46.0 Å². The van der Waals surface area contributed by atoms with Crippen LogP contribution in [0.2, 0.25) is 5.02 Å². The molecule has 16 nitrogen and oxygen atoms in total. The number of hydrogen-bond donors (Lipinski definition) is 5. The summed E-state index contributed by atoms with van der Waals surface area (Å²) in [7, 11) is -1.47. The van der Waals surface area contributed by atoms with Crippen LogP contribution in [0.3, 0.4) is 0 Å². The maximum Gasteiger partial charge on any atom is 0.319 e. The summed E-state index contributed by atoms with van der Waals surface area (Å²) in [6.45, 7) is 8.34. The highest BCUT2D eigenvalue weighted by Crippen LogP contribution is 2.26. The van der Waals surface area contributed by atoms with E-state index >= 15 is 0 Å². The molecule has 3 heterocycles. The van der Waals surface area contributed by atoms with Gasteiger partial charge in [0.1, 0.15) is 36.0 Å². The van der Waals surface area contributed by atoms with Crippen molar-refractivity contribution in [3.05, 3.63) is 64.4 Å². The Kier molecular flexibility index (Phi) is 15.4. The lowest BCUT2D eigenvalue weighted by atomic mass is 10.0. The second-order valence-electron chi connectivity index (χ2n) is 15.9. The lowest BCUT2D eigenvalue weighted by Crippen LogP contribution is -2.63. The number of ketones is 1. The van der Waals surface area contributed by atoms with Crippen molar-refractivity contribution in [3.63, 3.8) is 0 Å². The molecule has 5 rings (SSSR count). The van der Waals surface area contributed by atoms with E-state index in [0.29, 0.717) is 24.9 Å². The quantitative estimate of drug-likeness (QED) is 0.198. The number of amides is 7. The van der Waals surface area contributed by atoms with Crippen molar-refractivity contribution in [2.24, 2.45) is 5.92 Å². The zero-order valence-electron chi connectivity index (χ0n) is 34.2. The van der Waals surface area contributed by atoms with Crippen LogP contribution in [0.4, 0.5) is 14.9 Å². The molecule has 60 heavy (non-hydrogen) atoms. The van der Waals surface area contributed by atoms with Gasteiger partial charge in [-0.3, -0.25) is 33.0 Å². The largest absolute Gasteiger partial charge is 0.391 e. The first-order chi connectivity index (χ1) is 28.3.